The van der Waals surface area contributed by atoms with E-state index in [-0.39, 0.29) is 0 Å². The molecule has 4 heteroatoms. The SMILES string of the molecule is CCNCC1(CN2CCC(N3CCCC3)C2)CCOC1. The van der Waals surface area contributed by atoms with E-state index in [1.165, 1.54) is 58.4 Å². The van der Waals surface area contributed by atoms with Crippen LogP contribution in [0.3, 0.4) is 0 Å². The monoisotopic (exact) mass is 281 g/mol. The van der Waals surface area contributed by atoms with Crippen molar-refractivity contribution in [1.29, 1.82) is 0 Å². The van der Waals surface area contributed by atoms with Gasteiger partial charge < -0.3 is 15.0 Å². The summed E-state index contributed by atoms with van der Waals surface area (Å²) in [5.74, 6) is 0. The minimum Gasteiger partial charge on any atom is -0.381 e. The highest BCUT2D eigenvalue weighted by atomic mass is 16.5. The standard InChI is InChI=1S/C16H31N3O/c1-2-17-12-16(6-10-20-14-16)13-18-9-5-15(11-18)19-7-3-4-8-19/h15,17H,2-14H2,1H3. The Kier molecular flexibility index (Phi) is 4.97. The molecule has 3 heterocycles. The third-order valence-electron chi connectivity index (χ3n) is 5.40. The summed E-state index contributed by atoms with van der Waals surface area (Å²) in [7, 11) is 0. The average Bonchev–Trinajstić information content (AvgIpc) is 3.18. The van der Waals surface area contributed by atoms with Crippen molar-refractivity contribution in [3.8, 4) is 0 Å². The Hall–Kier alpha value is -0.160. The fourth-order valence-corrected chi connectivity index (χ4v) is 4.19. The highest BCUT2D eigenvalue weighted by Gasteiger charge is 2.39. The molecule has 3 aliphatic heterocycles. The minimum absolute atomic E-state index is 0.371. The summed E-state index contributed by atoms with van der Waals surface area (Å²) in [6, 6.07) is 0.830. The van der Waals surface area contributed by atoms with Crippen LogP contribution in [-0.4, -0.2) is 74.9 Å². The van der Waals surface area contributed by atoms with Crippen molar-refractivity contribution in [3.63, 3.8) is 0 Å². The number of hydrogen-bond acceptors (Lipinski definition) is 4. The van der Waals surface area contributed by atoms with Crippen LogP contribution in [0.15, 0.2) is 0 Å². The van der Waals surface area contributed by atoms with Gasteiger partial charge in [-0.2, -0.15) is 0 Å². The normalized spacial score (nSPS) is 36.1. The van der Waals surface area contributed by atoms with E-state index in [0.717, 1.165) is 32.3 Å². The second-order valence-electron chi connectivity index (χ2n) is 7.00. The fourth-order valence-electron chi connectivity index (χ4n) is 4.19. The van der Waals surface area contributed by atoms with Gasteiger partial charge in [0.05, 0.1) is 6.61 Å². The van der Waals surface area contributed by atoms with Crippen LogP contribution in [0.25, 0.3) is 0 Å². The smallest absolute Gasteiger partial charge is 0.0547 e. The first kappa shape index (κ1) is 14.8. The zero-order valence-corrected chi connectivity index (χ0v) is 13.1. The van der Waals surface area contributed by atoms with Gasteiger partial charge in [-0.3, -0.25) is 4.90 Å². The van der Waals surface area contributed by atoms with Crippen LogP contribution >= 0.6 is 0 Å². The number of nitrogens with zero attached hydrogens (tertiary/aromatic N) is 2. The molecule has 116 valence electrons. The zero-order valence-electron chi connectivity index (χ0n) is 13.1. The van der Waals surface area contributed by atoms with Gasteiger partial charge in [-0.25, -0.2) is 0 Å². The molecular weight excluding hydrogens is 250 g/mol. The fraction of sp³-hybridized carbons (Fsp3) is 1.00. The van der Waals surface area contributed by atoms with Gasteiger partial charge in [-0.15, -0.1) is 0 Å². The highest BCUT2D eigenvalue weighted by molar-refractivity contribution is 4.93. The summed E-state index contributed by atoms with van der Waals surface area (Å²) in [6.07, 6.45) is 5.42. The lowest BCUT2D eigenvalue weighted by Gasteiger charge is -2.33. The van der Waals surface area contributed by atoms with E-state index in [9.17, 15) is 0 Å². The molecule has 0 spiro atoms. The summed E-state index contributed by atoms with van der Waals surface area (Å²) < 4.78 is 5.72. The lowest BCUT2D eigenvalue weighted by Crippen LogP contribution is -2.45. The van der Waals surface area contributed by atoms with Crippen molar-refractivity contribution in [2.75, 3.05) is 59.0 Å². The lowest BCUT2D eigenvalue weighted by molar-refractivity contribution is 0.114. The van der Waals surface area contributed by atoms with Crippen LogP contribution in [0, 0.1) is 5.41 Å². The van der Waals surface area contributed by atoms with Crippen molar-refractivity contribution < 1.29 is 4.74 Å². The molecule has 4 nitrogen and oxygen atoms in total. The Bertz CT molecular complexity index is 298. The second kappa shape index (κ2) is 6.73. The van der Waals surface area contributed by atoms with E-state index in [4.69, 9.17) is 4.74 Å². The van der Waals surface area contributed by atoms with Crippen molar-refractivity contribution >= 4 is 0 Å². The molecule has 0 aliphatic carbocycles. The third kappa shape index (κ3) is 3.35. The molecule has 1 N–H and O–H groups in total. The van der Waals surface area contributed by atoms with Crippen LogP contribution in [0.1, 0.15) is 32.6 Å². The molecule has 3 saturated heterocycles. The summed E-state index contributed by atoms with van der Waals surface area (Å²) in [5.41, 5.74) is 0.371. The summed E-state index contributed by atoms with van der Waals surface area (Å²) in [4.78, 5) is 5.43. The largest absolute Gasteiger partial charge is 0.381 e. The molecule has 0 aromatic carbocycles. The Morgan fingerprint density at radius 1 is 1.25 bits per heavy atom. The predicted molar refractivity (Wildman–Crippen MR) is 82.1 cm³/mol. The maximum absolute atomic E-state index is 5.72. The number of hydrogen-bond donors (Lipinski definition) is 1. The molecule has 3 fully saturated rings. The molecule has 3 rings (SSSR count). The molecule has 0 radical (unpaired) electrons. The molecule has 0 amide bonds. The molecule has 0 aromatic rings. The number of likely N-dealkylation sites (tertiary alicyclic amines) is 2. The van der Waals surface area contributed by atoms with E-state index in [2.05, 4.69) is 22.0 Å². The van der Waals surface area contributed by atoms with Gasteiger partial charge in [-0.1, -0.05) is 6.92 Å². The van der Waals surface area contributed by atoms with E-state index in [1.807, 2.05) is 0 Å². The molecule has 2 unspecified atom stereocenters. The zero-order chi connectivity index (χ0) is 13.8. The first-order valence-electron chi connectivity index (χ1n) is 8.56. The van der Waals surface area contributed by atoms with Crippen LogP contribution in [0.2, 0.25) is 0 Å². The number of ether oxygens (including phenoxy) is 1. The van der Waals surface area contributed by atoms with E-state index in [1.54, 1.807) is 0 Å². The summed E-state index contributed by atoms with van der Waals surface area (Å²) in [5, 5.41) is 3.55. The Balaban J connectivity index is 1.51. The quantitative estimate of drug-likeness (QED) is 0.791. The van der Waals surface area contributed by atoms with Gasteiger partial charge in [0.25, 0.3) is 0 Å². The van der Waals surface area contributed by atoms with Crippen LogP contribution in [0.5, 0.6) is 0 Å². The molecule has 2 atom stereocenters. The van der Waals surface area contributed by atoms with Crippen LogP contribution in [0.4, 0.5) is 0 Å². The van der Waals surface area contributed by atoms with Gasteiger partial charge >= 0.3 is 0 Å². The molecule has 0 aromatic heterocycles. The van der Waals surface area contributed by atoms with E-state index < -0.39 is 0 Å². The summed E-state index contributed by atoms with van der Waals surface area (Å²) >= 11 is 0. The lowest BCUT2D eigenvalue weighted by atomic mass is 9.86. The first-order chi connectivity index (χ1) is 9.81. The van der Waals surface area contributed by atoms with Gasteiger partial charge in [0.15, 0.2) is 0 Å². The molecular formula is C16H31N3O. The second-order valence-corrected chi connectivity index (χ2v) is 7.00. The van der Waals surface area contributed by atoms with Crippen molar-refractivity contribution in [2.24, 2.45) is 5.41 Å². The molecule has 0 saturated carbocycles. The number of rotatable bonds is 6. The van der Waals surface area contributed by atoms with Gasteiger partial charge in [-0.05, 0) is 51.9 Å². The van der Waals surface area contributed by atoms with Gasteiger partial charge in [0.2, 0.25) is 0 Å². The van der Waals surface area contributed by atoms with Crippen molar-refractivity contribution in [3.05, 3.63) is 0 Å². The van der Waals surface area contributed by atoms with Crippen molar-refractivity contribution in [2.45, 2.75) is 38.6 Å². The topological polar surface area (TPSA) is 27.7 Å². The maximum Gasteiger partial charge on any atom is 0.0547 e. The van der Waals surface area contributed by atoms with Crippen LogP contribution in [-0.2, 0) is 4.74 Å². The molecule has 0 bridgehead atoms. The first-order valence-corrected chi connectivity index (χ1v) is 8.56. The molecule has 3 aliphatic rings. The van der Waals surface area contributed by atoms with Gasteiger partial charge in [0.1, 0.15) is 0 Å². The maximum atomic E-state index is 5.72. The predicted octanol–water partition coefficient (Wildman–Crippen LogP) is 1.17. The van der Waals surface area contributed by atoms with Crippen LogP contribution < -0.4 is 5.32 Å². The van der Waals surface area contributed by atoms with E-state index in [0.29, 0.717) is 5.41 Å². The number of nitrogens with one attached hydrogen (secondary N) is 1. The Labute approximate surface area is 123 Å². The van der Waals surface area contributed by atoms with Gasteiger partial charge in [0, 0.05) is 37.7 Å². The van der Waals surface area contributed by atoms with Crippen molar-refractivity contribution in [1.82, 2.24) is 15.1 Å². The van der Waals surface area contributed by atoms with E-state index >= 15 is 0 Å². The Morgan fingerprint density at radius 3 is 2.80 bits per heavy atom. The average molecular weight is 281 g/mol. The summed E-state index contributed by atoms with van der Waals surface area (Å²) in [6.45, 7) is 12.8. The highest BCUT2D eigenvalue weighted by Crippen LogP contribution is 2.31. The Morgan fingerprint density at radius 2 is 2.10 bits per heavy atom. The molecule has 20 heavy (non-hydrogen) atoms. The third-order valence-corrected chi connectivity index (χ3v) is 5.40. The minimum atomic E-state index is 0.371.